The van der Waals surface area contributed by atoms with Crippen LogP contribution in [0.15, 0.2) is 338 Å². The van der Waals surface area contributed by atoms with Crippen molar-refractivity contribution >= 4 is 75.6 Å². The van der Waals surface area contributed by atoms with E-state index in [1.807, 2.05) is 90.1 Å². The molecule has 8 heteroatoms. The highest BCUT2D eigenvalue weighted by molar-refractivity contribution is 7.19. The molecule has 0 unspecified atom stereocenters. The third-order valence-corrected chi connectivity index (χ3v) is 22.5. The van der Waals surface area contributed by atoms with Crippen molar-refractivity contribution in [3.63, 3.8) is 0 Å². The van der Waals surface area contributed by atoms with Crippen LogP contribution in [-0.2, 0) is 64.2 Å². The molecule has 0 aliphatic rings. The van der Waals surface area contributed by atoms with Crippen LogP contribution in [0, 0.1) is 59.2 Å². The van der Waals surface area contributed by atoms with Gasteiger partial charge in [0, 0.05) is 91.1 Å². The maximum Gasteiger partial charge on any atom is 0.134 e. The molecule has 0 spiro atoms. The standard InChI is InChI=1S/C22H22.2C12H15N.C12H14O.2C12H14S.C10H14.3C9H13N/c1-17(2)16-18-8-10-20(11-9-18)22-14-12-21(13-15-22)19-6-4-3-5-7-19;1-9(2)7-10-8-13-12-6-4-3-5-11(10)12;2*1-9(2)7-11-8-10-5-3-4-6-12(10)13-11;1-9(2)7-10-8-13-12-6-4-3-5-11(10)12;1-9(2)7-11-8-10-5-3-4-6-12(10)13-11;1-9(2)8-10-6-4-3-5-7-10;1-8(2)7-9-3-5-10-6-4-9;1-8(2)6-9-4-3-5-10-7-9;1-8(2)7-9-5-3-4-6-10-9/h3-15,17H,16H2,1-2H3;2*3-6,8-9,13H,7H2,1-2H3;3*3-6,8-9H,7H2,1-2H3;3-7,9H,8H2,1-2H3;3-6,8H,7H2,1-2H3;3-5,7-8H,6H2,1-2H3;3-6,8H,7H2,1-2H3. The smallest absolute Gasteiger partial charge is 0.134 e. The lowest BCUT2D eigenvalue weighted by Gasteiger charge is -2.08. The van der Waals surface area contributed by atoms with E-state index >= 15 is 0 Å². The Kier molecular flexibility index (Phi) is 44.3. The van der Waals surface area contributed by atoms with Gasteiger partial charge in [0.25, 0.3) is 0 Å². The van der Waals surface area contributed by atoms with Gasteiger partial charge in [-0.05, 0) is 273 Å². The van der Waals surface area contributed by atoms with E-state index in [-0.39, 0.29) is 0 Å². The van der Waals surface area contributed by atoms with Crippen LogP contribution in [0.3, 0.4) is 0 Å². The van der Waals surface area contributed by atoms with Crippen molar-refractivity contribution in [3.8, 4) is 22.3 Å². The molecule has 0 aliphatic heterocycles. The first-order valence-electron chi connectivity index (χ1n) is 46.7. The minimum absolute atomic E-state index is 0.653. The quantitative estimate of drug-likeness (QED) is 0.0708. The number of fused-ring (bicyclic) bond motifs is 5. The van der Waals surface area contributed by atoms with Gasteiger partial charge in [0.1, 0.15) is 11.3 Å². The zero-order chi connectivity index (χ0) is 91.2. The molecule has 0 saturated heterocycles. The molecule has 9 aromatic carbocycles. The van der Waals surface area contributed by atoms with Gasteiger partial charge in [0.2, 0.25) is 0 Å². The molecule has 0 fully saturated rings. The first kappa shape index (κ1) is 101. The van der Waals surface area contributed by atoms with Gasteiger partial charge in [-0.2, -0.15) is 0 Å². The van der Waals surface area contributed by atoms with Crippen molar-refractivity contribution in [2.45, 2.75) is 203 Å². The number of hydrogen-bond donors (Lipinski definition) is 2. The van der Waals surface area contributed by atoms with Crippen LogP contribution in [0.1, 0.15) is 194 Å². The molecule has 0 aliphatic carbocycles. The Morgan fingerprint density at radius 1 is 0.299 bits per heavy atom. The highest BCUT2D eigenvalue weighted by Gasteiger charge is 2.11. The van der Waals surface area contributed by atoms with E-state index in [9.17, 15) is 0 Å². The Bertz CT molecular complexity index is 5160. The largest absolute Gasteiger partial charge is 0.461 e. The van der Waals surface area contributed by atoms with Crippen LogP contribution in [-0.4, -0.2) is 24.9 Å². The van der Waals surface area contributed by atoms with E-state index in [1.165, 1.54) is 139 Å². The SMILES string of the molecule is CC(C)Cc1c[nH]c2ccccc12.CC(C)Cc1cc2ccccc2[nH]1.CC(C)Cc1cc2ccccc2o1.CC(C)Cc1cc2ccccc2s1.CC(C)Cc1ccc(-c2ccc(-c3ccccc3)cc2)cc1.CC(C)Cc1ccccc1.CC(C)Cc1ccccn1.CC(C)Cc1cccnc1.CC(C)Cc1ccncc1.CC(C)Cc1csc2ccccc12. The Labute approximate surface area is 772 Å². The average Bonchev–Trinajstić information content (AvgIpc) is 1.91. The zero-order valence-corrected chi connectivity index (χ0v) is 81.8. The molecule has 0 amide bonds. The third kappa shape index (κ3) is 39.0. The number of aromatic amines is 2. The topological polar surface area (TPSA) is 83.4 Å². The lowest BCUT2D eigenvalue weighted by atomic mass is 9.97. The fraction of sp³-hybridized carbons (Fsp3) is 0.336. The summed E-state index contributed by atoms with van der Waals surface area (Å²) in [6.07, 6.45) is 22.8. The molecule has 6 nitrogen and oxygen atoms in total. The molecular weight excluding hydrogens is 1580 g/mol. The lowest BCUT2D eigenvalue weighted by Crippen LogP contribution is -1.95. The number of H-pyrrole nitrogens is 2. The summed E-state index contributed by atoms with van der Waals surface area (Å²) in [6, 6.07) is 102. The van der Waals surface area contributed by atoms with Crippen molar-refractivity contribution in [1.82, 2.24) is 24.9 Å². The van der Waals surface area contributed by atoms with E-state index < -0.39 is 0 Å². The van der Waals surface area contributed by atoms with E-state index in [1.54, 1.807) is 0 Å². The fourth-order valence-corrected chi connectivity index (χ4v) is 17.2. The van der Waals surface area contributed by atoms with Crippen molar-refractivity contribution in [2.24, 2.45) is 59.2 Å². The molecule has 8 aromatic heterocycles. The summed E-state index contributed by atoms with van der Waals surface area (Å²) in [4.78, 5) is 20.4. The normalized spacial score (nSPS) is 10.9. The summed E-state index contributed by atoms with van der Waals surface area (Å²) in [7, 11) is 0. The molecule has 2 N–H and O–H groups in total. The predicted octanol–water partition coefficient (Wildman–Crippen LogP) is 34.5. The maximum atomic E-state index is 5.68. The van der Waals surface area contributed by atoms with Crippen LogP contribution in [0.25, 0.3) is 75.2 Å². The highest BCUT2D eigenvalue weighted by Crippen LogP contribution is 2.31. The van der Waals surface area contributed by atoms with Crippen LogP contribution in [0.5, 0.6) is 0 Å². The maximum absolute atomic E-state index is 5.68. The molecule has 0 bridgehead atoms. The Morgan fingerprint density at radius 3 is 1.30 bits per heavy atom. The summed E-state index contributed by atoms with van der Waals surface area (Å²) in [6.45, 7) is 44.8. The van der Waals surface area contributed by atoms with Gasteiger partial charge < -0.3 is 14.4 Å². The first-order valence-corrected chi connectivity index (χ1v) is 48.4. The van der Waals surface area contributed by atoms with Crippen LogP contribution in [0.4, 0.5) is 0 Å². The molecule has 17 rings (SSSR count). The van der Waals surface area contributed by atoms with Crippen molar-refractivity contribution in [2.75, 3.05) is 0 Å². The van der Waals surface area contributed by atoms with Gasteiger partial charge in [-0.1, -0.05) is 351 Å². The second-order valence-corrected chi connectivity index (χ2v) is 39.7. The van der Waals surface area contributed by atoms with Gasteiger partial charge in [0.15, 0.2) is 0 Å². The number of pyridine rings is 3. The molecule has 666 valence electrons. The third-order valence-electron chi connectivity index (χ3n) is 20.4. The number of nitrogens with one attached hydrogen (secondary N) is 2. The fourth-order valence-electron chi connectivity index (χ4n) is 14.9. The van der Waals surface area contributed by atoms with Crippen LogP contribution < -0.4 is 0 Å². The van der Waals surface area contributed by atoms with Crippen LogP contribution >= 0.6 is 22.7 Å². The van der Waals surface area contributed by atoms with Crippen molar-refractivity contribution < 1.29 is 4.42 Å². The van der Waals surface area contributed by atoms with Gasteiger partial charge in [-0.25, -0.2) is 0 Å². The van der Waals surface area contributed by atoms with E-state index in [0.29, 0.717) is 23.7 Å². The minimum atomic E-state index is 0.653. The number of furan rings is 1. The zero-order valence-electron chi connectivity index (χ0n) is 80.2. The Morgan fingerprint density at radius 2 is 0.756 bits per heavy atom. The molecule has 0 saturated carbocycles. The number of aromatic nitrogens is 5. The molecule has 17 aromatic rings. The second kappa shape index (κ2) is 55.5. The summed E-state index contributed by atoms with van der Waals surface area (Å²) >= 11 is 3.78. The molecular formula is C119H147N5OS2. The lowest BCUT2D eigenvalue weighted by molar-refractivity contribution is 0.500. The van der Waals surface area contributed by atoms with E-state index in [0.717, 1.165) is 91.8 Å². The van der Waals surface area contributed by atoms with E-state index in [2.05, 4.69) is 430 Å². The number of benzene rings is 9. The number of rotatable bonds is 22. The van der Waals surface area contributed by atoms with Crippen LogP contribution in [0.2, 0.25) is 0 Å². The minimum Gasteiger partial charge on any atom is -0.461 e. The summed E-state index contributed by atoms with van der Waals surface area (Å²) in [5, 5.41) is 9.03. The highest BCUT2D eigenvalue weighted by atomic mass is 32.1. The molecule has 0 atom stereocenters. The molecule has 127 heavy (non-hydrogen) atoms. The monoisotopic (exact) mass is 1730 g/mol. The number of thiophene rings is 2. The first-order chi connectivity index (χ1) is 61.2. The Hall–Kier alpha value is -11.0. The average molecular weight is 1730 g/mol. The van der Waals surface area contributed by atoms with Gasteiger partial charge in [0.05, 0.1) is 0 Å². The summed E-state index contributed by atoms with van der Waals surface area (Å²) in [5.41, 5.74) is 19.6. The number of nitrogens with zero attached hydrogens (tertiary/aromatic N) is 3. The Balaban J connectivity index is 0.000000176. The second-order valence-electron chi connectivity index (χ2n) is 37.6. The van der Waals surface area contributed by atoms with Gasteiger partial charge >= 0.3 is 0 Å². The molecule has 8 heterocycles. The van der Waals surface area contributed by atoms with Crippen molar-refractivity contribution in [3.05, 3.63) is 389 Å². The van der Waals surface area contributed by atoms with Crippen molar-refractivity contribution in [1.29, 1.82) is 0 Å². The van der Waals surface area contributed by atoms with Gasteiger partial charge in [-0.15, -0.1) is 22.7 Å². The predicted molar refractivity (Wildman–Crippen MR) is 558 cm³/mol. The summed E-state index contributed by atoms with van der Waals surface area (Å²) < 4.78 is 8.51. The van der Waals surface area contributed by atoms with E-state index in [4.69, 9.17) is 4.42 Å². The molecule has 0 radical (unpaired) electrons. The van der Waals surface area contributed by atoms with Gasteiger partial charge in [-0.3, -0.25) is 15.0 Å². The number of para-hydroxylation sites is 3. The number of hydrogen-bond acceptors (Lipinski definition) is 6. The summed E-state index contributed by atoms with van der Waals surface area (Å²) in [5.74, 6) is 8.33.